The Morgan fingerprint density at radius 3 is 2.88 bits per heavy atom. The summed E-state index contributed by atoms with van der Waals surface area (Å²) in [6, 6.07) is 8.98. The molecule has 0 unspecified atom stereocenters. The maximum atomic E-state index is 12.8. The largest absolute Gasteiger partial charge is 0.383 e. The Kier molecular flexibility index (Phi) is 5.32. The zero-order valence-corrected chi connectivity index (χ0v) is 15.8. The Morgan fingerprint density at radius 2 is 2.12 bits per heavy atom. The maximum absolute atomic E-state index is 12.8. The third-order valence-electron chi connectivity index (χ3n) is 4.02. The van der Waals surface area contributed by atoms with Crippen LogP contribution >= 0.6 is 22.9 Å². The van der Waals surface area contributed by atoms with Crippen LogP contribution in [0.5, 0.6) is 0 Å². The van der Waals surface area contributed by atoms with Gasteiger partial charge in [-0.1, -0.05) is 29.8 Å². The van der Waals surface area contributed by atoms with Gasteiger partial charge in [0, 0.05) is 29.6 Å². The van der Waals surface area contributed by atoms with Gasteiger partial charge in [0.1, 0.15) is 5.15 Å². The van der Waals surface area contributed by atoms with Gasteiger partial charge in [-0.05, 0) is 26.0 Å². The molecule has 130 valence electrons. The van der Waals surface area contributed by atoms with Gasteiger partial charge in [-0.25, -0.2) is 4.98 Å². The lowest BCUT2D eigenvalue weighted by Crippen LogP contribution is -2.20. The van der Waals surface area contributed by atoms with Gasteiger partial charge in [0.15, 0.2) is 4.80 Å². The summed E-state index contributed by atoms with van der Waals surface area (Å²) in [7, 11) is 1.65. The number of amides is 1. The van der Waals surface area contributed by atoms with Crippen LogP contribution in [0.4, 0.5) is 0 Å². The van der Waals surface area contributed by atoms with Crippen molar-refractivity contribution in [1.82, 2.24) is 9.55 Å². The van der Waals surface area contributed by atoms with Crippen LogP contribution in [-0.4, -0.2) is 29.2 Å². The molecule has 0 saturated heterocycles. The summed E-state index contributed by atoms with van der Waals surface area (Å²) >= 11 is 7.57. The number of benzene rings is 1. The first-order valence-electron chi connectivity index (χ1n) is 7.81. The predicted molar refractivity (Wildman–Crippen MR) is 100 cm³/mol. The summed E-state index contributed by atoms with van der Waals surface area (Å²) in [6.45, 7) is 5.24. The van der Waals surface area contributed by atoms with Gasteiger partial charge >= 0.3 is 0 Å². The first kappa shape index (κ1) is 17.8. The zero-order valence-electron chi connectivity index (χ0n) is 14.2. The van der Waals surface area contributed by atoms with Crippen molar-refractivity contribution in [2.24, 2.45) is 4.99 Å². The molecule has 0 radical (unpaired) electrons. The topological polar surface area (TPSA) is 56.5 Å². The standard InChI is InChI=1S/C18H18ClN3O2S/c1-11-12(2)25-18(22(11)8-9-24-3)21-17(23)14-10-16(19)20-15-7-5-4-6-13(14)15/h4-7,10H,8-9H2,1-3H3/b21-18-. The fourth-order valence-electron chi connectivity index (χ4n) is 2.60. The predicted octanol–water partition coefficient (Wildman–Crippen LogP) is 3.76. The highest BCUT2D eigenvalue weighted by molar-refractivity contribution is 7.09. The number of carbonyl (C=O) groups is 1. The molecule has 0 aliphatic carbocycles. The molecule has 3 aromatic rings. The molecule has 2 heterocycles. The number of pyridine rings is 1. The summed E-state index contributed by atoms with van der Waals surface area (Å²) in [5, 5.41) is 1.03. The number of halogens is 1. The van der Waals surface area contributed by atoms with Crippen molar-refractivity contribution in [3.8, 4) is 0 Å². The molecule has 0 atom stereocenters. The van der Waals surface area contributed by atoms with Gasteiger partial charge in [0.25, 0.3) is 5.91 Å². The van der Waals surface area contributed by atoms with Gasteiger partial charge in [-0.2, -0.15) is 4.99 Å². The van der Waals surface area contributed by atoms with Crippen LogP contribution in [0.25, 0.3) is 10.9 Å². The van der Waals surface area contributed by atoms with Crippen LogP contribution in [-0.2, 0) is 11.3 Å². The number of thiazole rings is 1. The van der Waals surface area contributed by atoms with Crippen LogP contribution in [0.2, 0.25) is 5.15 Å². The second-order valence-electron chi connectivity index (χ2n) is 5.60. The number of aryl methyl sites for hydroxylation is 1. The first-order chi connectivity index (χ1) is 12.0. The summed E-state index contributed by atoms with van der Waals surface area (Å²) in [6.07, 6.45) is 0. The number of aromatic nitrogens is 2. The summed E-state index contributed by atoms with van der Waals surface area (Å²) in [5.41, 5.74) is 2.23. The second kappa shape index (κ2) is 7.47. The van der Waals surface area contributed by atoms with E-state index in [-0.39, 0.29) is 11.1 Å². The molecule has 1 aromatic carbocycles. The average Bonchev–Trinajstić information content (AvgIpc) is 2.85. The highest BCUT2D eigenvalue weighted by Crippen LogP contribution is 2.21. The molecule has 2 aromatic heterocycles. The Morgan fingerprint density at radius 1 is 1.36 bits per heavy atom. The van der Waals surface area contributed by atoms with Gasteiger partial charge < -0.3 is 9.30 Å². The third-order valence-corrected chi connectivity index (χ3v) is 5.31. The lowest BCUT2D eigenvalue weighted by atomic mass is 10.1. The summed E-state index contributed by atoms with van der Waals surface area (Å²) < 4.78 is 7.17. The van der Waals surface area contributed by atoms with Crippen molar-refractivity contribution in [3.63, 3.8) is 0 Å². The molecule has 7 heteroatoms. The number of rotatable bonds is 4. The lowest BCUT2D eigenvalue weighted by molar-refractivity contribution is 0.0998. The van der Waals surface area contributed by atoms with E-state index >= 15 is 0 Å². The number of fused-ring (bicyclic) bond motifs is 1. The van der Waals surface area contributed by atoms with Crippen LogP contribution in [0.1, 0.15) is 20.9 Å². The number of hydrogen-bond donors (Lipinski definition) is 0. The minimum atomic E-state index is -0.326. The first-order valence-corrected chi connectivity index (χ1v) is 9.01. The van der Waals surface area contributed by atoms with Crippen LogP contribution < -0.4 is 4.80 Å². The van der Waals surface area contributed by atoms with E-state index in [9.17, 15) is 4.79 Å². The molecule has 0 bridgehead atoms. The highest BCUT2D eigenvalue weighted by atomic mass is 35.5. The minimum absolute atomic E-state index is 0.281. The van der Waals surface area contributed by atoms with Crippen molar-refractivity contribution in [1.29, 1.82) is 0 Å². The molecular formula is C18H18ClN3O2S. The van der Waals surface area contributed by atoms with E-state index in [4.69, 9.17) is 16.3 Å². The Labute approximate surface area is 154 Å². The summed E-state index contributed by atoms with van der Waals surface area (Å²) in [4.78, 5) is 23.2. The maximum Gasteiger partial charge on any atom is 0.280 e. The Hall–Kier alpha value is -2.02. The number of para-hydroxylation sites is 1. The number of carbonyl (C=O) groups excluding carboxylic acids is 1. The second-order valence-corrected chi connectivity index (χ2v) is 7.17. The van der Waals surface area contributed by atoms with E-state index in [0.29, 0.717) is 29.0 Å². The Balaban J connectivity index is 2.12. The van der Waals surface area contributed by atoms with E-state index < -0.39 is 0 Å². The fraction of sp³-hybridized carbons (Fsp3) is 0.278. The highest BCUT2D eigenvalue weighted by Gasteiger charge is 2.13. The molecule has 0 N–H and O–H groups in total. The fourth-order valence-corrected chi connectivity index (χ4v) is 3.79. The van der Waals surface area contributed by atoms with E-state index in [1.54, 1.807) is 13.2 Å². The lowest BCUT2D eigenvalue weighted by Gasteiger charge is -2.06. The van der Waals surface area contributed by atoms with Gasteiger partial charge in [-0.3, -0.25) is 4.79 Å². The van der Waals surface area contributed by atoms with Crippen molar-refractivity contribution in [3.05, 3.63) is 56.4 Å². The minimum Gasteiger partial charge on any atom is -0.383 e. The quantitative estimate of drug-likeness (QED) is 0.652. The van der Waals surface area contributed by atoms with Crippen molar-refractivity contribution >= 4 is 39.7 Å². The number of methoxy groups -OCH3 is 1. The zero-order chi connectivity index (χ0) is 18.0. The van der Waals surface area contributed by atoms with E-state index in [0.717, 1.165) is 16.0 Å². The molecule has 25 heavy (non-hydrogen) atoms. The Bertz CT molecular complexity index is 1010. The number of nitrogens with zero attached hydrogens (tertiary/aromatic N) is 3. The van der Waals surface area contributed by atoms with Crippen molar-refractivity contribution < 1.29 is 9.53 Å². The molecule has 0 aliphatic heterocycles. The normalized spacial score (nSPS) is 12.1. The smallest absolute Gasteiger partial charge is 0.280 e. The van der Waals surface area contributed by atoms with E-state index in [1.807, 2.05) is 42.7 Å². The number of ether oxygens (including phenoxy) is 1. The van der Waals surface area contributed by atoms with Crippen molar-refractivity contribution in [2.75, 3.05) is 13.7 Å². The molecule has 1 amide bonds. The van der Waals surface area contributed by atoms with Crippen LogP contribution in [0.3, 0.4) is 0 Å². The molecule has 0 fully saturated rings. The average molecular weight is 376 g/mol. The molecular weight excluding hydrogens is 358 g/mol. The number of hydrogen-bond acceptors (Lipinski definition) is 4. The van der Waals surface area contributed by atoms with Gasteiger partial charge in [-0.15, -0.1) is 11.3 Å². The molecule has 0 saturated carbocycles. The van der Waals surface area contributed by atoms with Crippen LogP contribution in [0, 0.1) is 13.8 Å². The van der Waals surface area contributed by atoms with Gasteiger partial charge in [0.05, 0.1) is 17.7 Å². The van der Waals surface area contributed by atoms with E-state index in [1.165, 1.54) is 11.3 Å². The molecule has 3 rings (SSSR count). The van der Waals surface area contributed by atoms with E-state index in [2.05, 4.69) is 9.98 Å². The monoisotopic (exact) mass is 375 g/mol. The third kappa shape index (κ3) is 3.66. The van der Waals surface area contributed by atoms with Crippen LogP contribution in [0.15, 0.2) is 35.3 Å². The molecule has 5 nitrogen and oxygen atoms in total. The molecule has 0 spiro atoms. The van der Waals surface area contributed by atoms with Crippen molar-refractivity contribution in [2.45, 2.75) is 20.4 Å². The van der Waals surface area contributed by atoms with Gasteiger partial charge in [0.2, 0.25) is 0 Å². The SMILES string of the molecule is COCCn1c(C)c(C)s/c1=N\C(=O)c1cc(Cl)nc2ccccc12. The summed E-state index contributed by atoms with van der Waals surface area (Å²) in [5.74, 6) is -0.326. The molecule has 0 aliphatic rings.